The van der Waals surface area contributed by atoms with E-state index in [4.69, 9.17) is 0 Å². The first-order valence-electron chi connectivity index (χ1n) is 9.73. The summed E-state index contributed by atoms with van der Waals surface area (Å²) >= 11 is 2.84. The van der Waals surface area contributed by atoms with E-state index in [1.807, 2.05) is 16.3 Å². The molecule has 2 atom stereocenters. The van der Waals surface area contributed by atoms with Crippen LogP contribution in [0.1, 0.15) is 40.5 Å². The van der Waals surface area contributed by atoms with Crippen molar-refractivity contribution in [2.24, 2.45) is 17.8 Å². The SMILES string of the molecule is CC(C)CCn1c(SCC(=O)N2C[C@H](C)C[C@@H](C)C2)nc2ccsc2c1=O. The summed E-state index contributed by atoms with van der Waals surface area (Å²) in [4.78, 5) is 32.3. The van der Waals surface area contributed by atoms with Gasteiger partial charge in [0.15, 0.2) is 5.16 Å². The predicted octanol–water partition coefficient (Wildman–Crippen LogP) is 4.10. The van der Waals surface area contributed by atoms with Crippen LogP contribution in [0, 0.1) is 17.8 Å². The van der Waals surface area contributed by atoms with Crippen LogP contribution in [0.15, 0.2) is 21.4 Å². The minimum absolute atomic E-state index is 0.0193. The molecule has 1 aliphatic rings. The molecule has 0 aromatic carbocycles. The lowest BCUT2D eigenvalue weighted by atomic mass is 9.92. The lowest BCUT2D eigenvalue weighted by Gasteiger charge is -2.35. The fraction of sp³-hybridized carbons (Fsp3) is 0.650. The number of aromatic nitrogens is 2. The number of thiophene rings is 1. The molecule has 148 valence electrons. The van der Waals surface area contributed by atoms with Crippen molar-refractivity contribution in [1.82, 2.24) is 14.5 Å². The number of hydrogen-bond acceptors (Lipinski definition) is 5. The topological polar surface area (TPSA) is 55.2 Å². The van der Waals surface area contributed by atoms with Crippen molar-refractivity contribution in [3.8, 4) is 0 Å². The van der Waals surface area contributed by atoms with Gasteiger partial charge in [-0.25, -0.2) is 4.98 Å². The third-order valence-corrected chi connectivity index (χ3v) is 6.86. The van der Waals surface area contributed by atoms with Crippen LogP contribution in [0.5, 0.6) is 0 Å². The molecular formula is C20H29N3O2S2. The van der Waals surface area contributed by atoms with E-state index in [1.165, 1.54) is 29.5 Å². The van der Waals surface area contributed by atoms with Gasteiger partial charge in [-0.1, -0.05) is 39.5 Å². The molecule has 27 heavy (non-hydrogen) atoms. The minimum atomic E-state index is 0.0193. The van der Waals surface area contributed by atoms with Crippen LogP contribution in [-0.4, -0.2) is 39.2 Å². The minimum Gasteiger partial charge on any atom is -0.341 e. The van der Waals surface area contributed by atoms with E-state index >= 15 is 0 Å². The number of thioether (sulfide) groups is 1. The van der Waals surface area contributed by atoms with Gasteiger partial charge in [0.1, 0.15) is 4.70 Å². The van der Waals surface area contributed by atoms with Gasteiger partial charge < -0.3 is 4.90 Å². The van der Waals surface area contributed by atoms with Gasteiger partial charge in [-0.15, -0.1) is 11.3 Å². The zero-order valence-electron chi connectivity index (χ0n) is 16.6. The number of hydrogen-bond donors (Lipinski definition) is 0. The molecule has 2 aromatic rings. The number of rotatable bonds is 6. The monoisotopic (exact) mass is 407 g/mol. The predicted molar refractivity (Wildman–Crippen MR) is 114 cm³/mol. The number of carbonyl (C=O) groups excluding carboxylic acids is 1. The van der Waals surface area contributed by atoms with Gasteiger partial charge >= 0.3 is 0 Å². The molecule has 0 saturated carbocycles. The lowest BCUT2D eigenvalue weighted by Crippen LogP contribution is -2.43. The Hall–Kier alpha value is -1.34. The van der Waals surface area contributed by atoms with Crippen LogP contribution < -0.4 is 5.56 Å². The second kappa shape index (κ2) is 8.78. The third-order valence-electron chi connectivity index (χ3n) is 5.01. The normalized spacial score (nSPS) is 20.6. The Morgan fingerprint density at radius 2 is 2.04 bits per heavy atom. The largest absolute Gasteiger partial charge is 0.341 e. The molecule has 0 bridgehead atoms. The van der Waals surface area contributed by atoms with Crippen molar-refractivity contribution >= 4 is 39.2 Å². The first-order valence-corrected chi connectivity index (χ1v) is 11.6. The lowest BCUT2D eigenvalue weighted by molar-refractivity contribution is -0.130. The van der Waals surface area contributed by atoms with Gasteiger partial charge in [0.05, 0.1) is 11.3 Å². The second-order valence-corrected chi connectivity index (χ2v) is 10.1. The molecule has 1 aliphatic heterocycles. The van der Waals surface area contributed by atoms with Crippen LogP contribution >= 0.6 is 23.1 Å². The van der Waals surface area contributed by atoms with Gasteiger partial charge in [0.2, 0.25) is 5.91 Å². The van der Waals surface area contributed by atoms with E-state index in [2.05, 4.69) is 32.7 Å². The molecule has 1 amide bonds. The molecule has 0 radical (unpaired) electrons. The molecule has 2 aromatic heterocycles. The first-order chi connectivity index (χ1) is 12.8. The first kappa shape index (κ1) is 20.4. The molecule has 1 fully saturated rings. The summed E-state index contributed by atoms with van der Waals surface area (Å²) in [6.07, 6.45) is 2.10. The molecule has 5 nitrogen and oxygen atoms in total. The third kappa shape index (κ3) is 4.93. The number of likely N-dealkylation sites (tertiary alicyclic amines) is 1. The molecule has 0 unspecified atom stereocenters. The van der Waals surface area contributed by atoms with Gasteiger partial charge in [0.25, 0.3) is 5.56 Å². The Balaban J connectivity index is 1.77. The van der Waals surface area contributed by atoms with Gasteiger partial charge in [-0.2, -0.15) is 0 Å². The molecule has 0 aliphatic carbocycles. The zero-order chi connectivity index (χ0) is 19.6. The molecule has 7 heteroatoms. The summed E-state index contributed by atoms with van der Waals surface area (Å²) in [7, 11) is 0. The Labute approximate surface area is 169 Å². The molecule has 0 N–H and O–H groups in total. The average molecular weight is 408 g/mol. The summed E-state index contributed by atoms with van der Waals surface area (Å²) < 4.78 is 2.46. The fourth-order valence-corrected chi connectivity index (χ4v) is 5.41. The molecule has 0 spiro atoms. The zero-order valence-corrected chi connectivity index (χ0v) is 18.2. The fourth-order valence-electron chi connectivity index (χ4n) is 3.70. The Morgan fingerprint density at radius 3 is 2.70 bits per heavy atom. The van der Waals surface area contributed by atoms with Crippen LogP contribution in [0.3, 0.4) is 0 Å². The van der Waals surface area contributed by atoms with Crippen molar-refractivity contribution in [1.29, 1.82) is 0 Å². The van der Waals surface area contributed by atoms with E-state index < -0.39 is 0 Å². The molecule has 3 heterocycles. The van der Waals surface area contributed by atoms with Crippen molar-refractivity contribution in [3.05, 3.63) is 21.8 Å². The van der Waals surface area contributed by atoms with Crippen molar-refractivity contribution in [3.63, 3.8) is 0 Å². The van der Waals surface area contributed by atoms with Gasteiger partial charge in [0, 0.05) is 19.6 Å². The quantitative estimate of drug-likeness (QED) is 0.534. The number of fused-ring (bicyclic) bond motifs is 1. The molecule has 3 rings (SSSR count). The maximum Gasteiger partial charge on any atom is 0.272 e. The number of piperidine rings is 1. The number of nitrogens with zero attached hydrogens (tertiary/aromatic N) is 3. The highest BCUT2D eigenvalue weighted by atomic mass is 32.2. The summed E-state index contributed by atoms with van der Waals surface area (Å²) in [5.41, 5.74) is 0.756. The molecule has 1 saturated heterocycles. The van der Waals surface area contributed by atoms with Crippen LogP contribution in [-0.2, 0) is 11.3 Å². The van der Waals surface area contributed by atoms with Crippen LogP contribution in [0.25, 0.3) is 10.2 Å². The summed E-state index contributed by atoms with van der Waals surface area (Å²) in [5, 5.41) is 2.57. The van der Waals surface area contributed by atoms with Crippen molar-refractivity contribution in [2.45, 2.75) is 52.2 Å². The van der Waals surface area contributed by atoms with E-state index in [0.29, 0.717) is 39.9 Å². The Bertz CT molecular complexity index is 849. The van der Waals surface area contributed by atoms with E-state index in [-0.39, 0.29) is 11.5 Å². The summed E-state index contributed by atoms with van der Waals surface area (Å²) in [5.74, 6) is 2.09. The van der Waals surface area contributed by atoms with E-state index in [1.54, 1.807) is 4.57 Å². The van der Waals surface area contributed by atoms with Crippen LogP contribution in [0.4, 0.5) is 0 Å². The Morgan fingerprint density at radius 1 is 1.33 bits per heavy atom. The summed E-state index contributed by atoms with van der Waals surface area (Å²) in [6, 6.07) is 1.88. The van der Waals surface area contributed by atoms with Crippen LogP contribution in [0.2, 0.25) is 0 Å². The number of amides is 1. The highest BCUT2D eigenvalue weighted by Gasteiger charge is 2.25. The second-order valence-electron chi connectivity index (χ2n) is 8.20. The average Bonchev–Trinajstić information content (AvgIpc) is 3.06. The maximum absolute atomic E-state index is 12.9. The summed E-state index contributed by atoms with van der Waals surface area (Å²) in [6.45, 7) is 11.0. The van der Waals surface area contributed by atoms with Gasteiger partial charge in [-0.3, -0.25) is 14.2 Å². The highest BCUT2D eigenvalue weighted by molar-refractivity contribution is 7.99. The maximum atomic E-state index is 12.9. The molecular weight excluding hydrogens is 378 g/mol. The van der Waals surface area contributed by atoms with E-state index in [0.717, 1.165) is 25.0 Å². The highest BCUT2D eigenvalue weighted by Crippen LogP contribution is 2.24. The van der Waals surface area contributed by atoms with Crippen molar-refractivity contribution < 1.29 is 4.79 Å². The standard InChI is InChI=1S/C20H29N3O2S2/c1-13(2)5-7-23-19(25)18-16(6-8-26-18)21-20(23)27-12-17(24)22-10-14(3)9-15(4)11-22/h6,8,13-15H,5,7,9-12H2,1-4H3/t14-,15-/m1/s1. The smallest absolute Gasteiger partial charge is 0.272 e. The number of carbonyl (C=O) groups is 1. The Kier molecular flexibility index (Phi) is 6.63. The van der Waals surface area contributed by atoms with E-state index in [9.17, 15) is 9.59 Å². The van der Waals surface area contributed by atoms with Gasteiger partial charge in [-0.05, 0) is 42.0 Å². The van der Waals surface area contributed by atoms with Crippen molar-refractivity contribution in [2.75, 3.05) is 18.8 Å².